The Hall–Kier alpha value is -2.40. The number of carbonyl (C=O) groups excluding carboxylic acids is 1. The Labute approximate surface area is 138 Å². The zero-order valence-electron chi connectivity index (χ0n) is 12.6. The monoisotopic (exact) mass is 323 g/mol. The second kappa shape index (κ2) is 6.01. The van der Waals surface area contributed by atoms with Gasteiger partial charge in [0.05, 0.1) is 5.69 Å². The minimum atomic E-state index is 0.0804. The molecule has 1 N–H and O–H groups in total. The third-order valence-corrected chi connectivity index (χ3v) is 4.89. The van der Waals surface area contributed by atoms with Crippen molar-refractivity contribution in [2.75, 3.05) is 5.32 Å². The number of allylic oxidation sites excluding steroid dienone is 2. The molecule has 4 rings (SSSR count). The van der Waals surface area contributed by atoms with Gasteiger partial charge in [0, 0.05) is 35.4 Å². The molecular weight excluding hydrogens is 306 g/mol. The molecule has 2 heterocycles. The number of thiazole rings is 1. The first-order chi connectivity index (χ1) is 11.3. The Kier molecular flexibility index (Phi) is 3.71. The second-order valence-corrected chi connectivity index (χ2v) is 6.69. The molecule has 3 aromatic rings. The lowest BCUT2D eigenvalue weighted by atomic mass is 10.0. The van der Waals surface area contributed by atoms with Crippen LogP contribution in [0.3, 0.4) is 0 Å². The summed E-state index contributed by atoms with van der Waals surface area (Å²) in [7, 11) is 0. The minimum Gasteiger partial charge on any atom is -0.326 e. The lowest BCUT2D eigenvalue weighted by Gasteiger charge is -2.09. The van der Waals surface area contributed by atoms with Crippen LogP contribution in [0.25, 0.3) is 16.2 Å². The highest BCUT2D eigenvalue weighted by atomic mass is 32.1. The molecule has 4 nitrogen and oxygen atoms in total. The van der Waals surface area contributed by atoms with Crippen LogP contribution >= 0.6 is 11.3 Å². The largest absolute Gasteiger partial charge is 0.326 e. The number of rotatable bonds is 4. The number of anilines is 1. The van der Waals surface area contributed by atoms with E-state index in [0.717, 1.165) is 34.7 Å². The molecule has 1 aromatic carbocycles. The van der Waals surface area contributed by atoms with E-state index in [9.17, 15) is 4.79 Å². The van der Waals surface area contributed by atoms with Gasteiger partial charge in [0.15, 0.2) is 4.96 Å². The predicted octanol–water partition coefficient (Wildman–Crippen LogP) is 4.36. The molecular formula is C18H17N3OS. The van der Waals surface area contributed by atoms with Gasteiger partial charge in [-0.15, -0.1) is 11.3 Å². The molecule has 116 valence electrons. The van der Waals surface area contributed by atoms with Crippen LogP contribution in [0.15, 0.2) is 54.2 Å². The summed E-state index contributed by atoms with van der Waals surface area (Å²) >= 11 is 1.62. The summed E-state index contributed by atoms with van der Waals surface area (Å²) in [5.41, 5.74) is 2.84. The average Bonchev–Trinajstić information content (AvgIpc) is 3.24. The third kappa shape index (κ3) is 3.05. The van der Waals surface area contributed by atoms with Gasteiger partial charge in [-0.3, -0.25) is 9.20 Å². The molecule has 0 fully saturated rings. The maximum Gasteiger partial charge on any atom is 0.224 e. The van der Waals surface area contributed by atoms with E-state index in [0.29, 0.717) is 12.3 Å². The van der Waals surface area contributed by atoms with Gasteiger partial charge in [0.1, 0.15) is 0 Å². The van der Waals surface area contributed by atoms with Crippen LogP contribution in [0.4, 0.5) is 5.69 Å². The SMILES string of the molecule is O=C(C[C@H]1C=CCC1)Nc1ccc(-c2cn3ccsc3n2)cc1. The molecule has 1 atom stereocenters. The Balaban J connectivity index is 1.44. The number of fused-ring (bicyclic) bond motifs is 1. The van der Waals surface area contributed by atoms with Gasteiger partial charge >= 0.3 is 0 Å². The number of nitrogens with zero attached hydrogens (tertiary/aromatic N) is 2. The van der Waals surface area contributed by atoms with E-state index < -0.39 is 0 Å². The fraction of sp³-hybridized carbons (Fsp3) is 0.222. The Morgan fingerprint density at radius 2 is 2.22 bits per heavy atom. The van der Waals surface area contributed by atoms with Crippen LogP contribution < -0.4 is 5.32 Å². The number of benzene rings is 1. The summed E-state index contributed by atoms with van der Waals surface area (Å²) in [4.78, 5) is 17.6. The highest BCUT2D eigenvalue weighted by molar-refractivity contribution is 7.15. The average molecular weight is 323 g/mol. The van der Waals surface area contributed by atoms with E-state index in [-0.39, 0.29) is 5.91 Å². The van der Waals surface area contributed by atoms with Crippen molar-refractivity contribution < 1.29 is 4.79 Å². The van der Waals surface area contributed by atoms with E-state index >= 15 is 0 Å². The number of amides is 1. The smallest absolute Gasteiger partial charge is 0.224 e. The van der Waals surface area contributed by atoms with Gasteiger partial charge in [-0.25, -0.2) is 4.98 Å². The summed E-state index contributed by atoms with van der Waals surface area (Å²) in [6.07, 6.45) is 11.1. The highest BCUT2D eigenvalue weighted by Crippen LogP contribution is 2.24. The molecule has 5 heteroatoms. The summed E-state index contributed by atoms with van der Waals surface area (Å²) in [5.74, 6) is 0.476. The molecule has 1 amide bonds. The number of hydrogen-bond donors (Lipinski definition) is 1. The number of carbonyl (C=O) groups is 1. The molecule has 23 heavy (non-hydrogen) atoms. The topological polar surface area (TPSA) is 46.4 Å². The summed E-state index contributed by atoms with van der Waals surface area (Å²) in [6.45, 7) is 0. The molecule has 0 spiro atoms. The second-order valence-electron chi connectivity index (χ2n) is 5.81. The fourth-order valence-electron chi connectivity index (χ4n) is 2.91. The van der Waals surface area contributed by atoms with Crippen molar-refractivity contribution in [2.45, 2.75) is 19.3 Å². The van der Waals surface area contributed by atoms with Crippen molar-refractivity contribution in [1.29, 1.82) is 0 Å². The molecule has 1 aliphatic carbocycles. The van der Waals surface area contributed by atoms with Crippen molar-refractivity contribution in [3.05, 3.63) is 54.2 Å². The van der Waals surface area contributed by atoms with E-state index in [1.165, 1.54) is 0 Å². The lowest BCUT2D eigenvalue weighted by molar-refractivity contribution is -0.116. The number of aromatic nitrogens is 2. The summed E-state index contributed by atoms with van der Waals surface area (Å²) < 4.78 is 2.02. The molecule has 0 bridgehead atoms. The molecule has 1 aliphatic rings. The first kappa shape index (κ1) is 14.2. The highest BCUT2D eigenvalue weighted by Gasteiger charge is 2.14. The molecule has 0 saturated heterocycles. The van der Waals surface area contributed by atoms with Crippen LogP contribution in [-0.4, -0.2) is 15.3 Å². The quantitative estimate of drug-likeness (QED) is 0.725. The van der Waals surface area contributed by atoms with Crippen LogP contribution in [0, 0.1) is 5.92 Å². The first-order valence-corrected chi connectivity index (χ1v) is 8.65. The van der Waals surface area contributed by atoms with Crippen LogP contribution in [0.2, 0.25) is 0 Å². The Morgan fingerprint density at radius 1 is 1.35 bits per heavy atom. The molecule has 2 aromatic heterocycles. The van der Waals surface area contributed by atoms with Gasteiger partial charge in [-0.2, -0.15) is 0 Å². The van der Waals surface area contributed by atoms with Crippen molar-refractivity contribution in [3.8, 4) is 11.3 Å². The standard InChI is InChI=1S/C18H17N3OS/c22-17(11-13-3-1-2-4-13)19-15-7-5-14(6-8-15)16-12-21-9-10-23-18(21)20-16/h1,3,5-10,12-13H,2,4,11H2,(H,19,22)/t13-/m0/s1. The van der Waals surface area contributed by atoms with E-state index in [2.05, 4.69) is 22.5 Å². The third-order valence-electron chi connectivity index (χ3n) is 4.12. The normalized spacial score (nSPS) is 17.0. The summed E-state index contributed by atoms with van der Waals surface area (Å²) in [6, 6.07) is 7.87. The maximum atomic E-state index is 12.0. The summed E-state index contributed by atoms with van der Waals surface area (Å²) in [5, 5.41) is 4.99. The van der Waals surface area contributed by atoms with Gasteiger partial charge < -0.3 is 5.32 Å². The van der Waals surface area contributed by atoms with Gasteiger partial charge in [0.25, 0.3) is 0 Å². The first-order valence-electron chi connectivity index (χ1n) is 7.77. The van der Waals surface area contributed by atoms with Gasteiger partial charge in [-0.1, -0.05) is 24.3 Å². The Morgan fingerprint density at radius 3 is 2.96 bits per heavy atom. The van der Waals surface area contributed by atoms with Gasteiger partial charge in [-0.05, 0) is 30.9 Å². The zero-order chi connectivity index (χ0) is 15.6. The van der Waals surface area contributed by atoms with E-state index in [1.54, 1.807) is 11.3 Å². The Bertz CT molecular complexity index is 831. The molecule has 0 aliphatic heterocycles. The fourth-order valence-corrected chi connectivity index (χ4v) is 3.61. The van der Waals surface area contributed by atoms with Crippen molar-refractivity contribution >= 4 is 27.9 Å². The number of nitrogens with one attached hydrogen (secondary N) is 1. The van der Waals surface area contributed by atoms with E-state index in [4.69, 9.17) is 0 Å². The van der Waals surface area contributed by atoms with Crippen LogP contribution in [-0.2, 0) is 4.79 Å². The predicted molar refractivity (Wildman–Crippen MR) is 93.6 cm³/mol. The minimum absolute atomic E-state index is 0.0804. The van der Waals surface area contributed by atoms with Crippen molar-refractivity contribution in [3.63, 3.8) is 0 Å². The van der Waals surface area contributed by atoms with Crippen molar-refractivity contribution in [2.24, 2.45) is 5.92 Å². The van der Waals surface area contributed by atoms with Crippen LogP contribution in [0.1, 0.15) is 19.3 Å². The van der Waals surface area contributed by atoms with Crippen LogP contribution in [0.5, 0.6) is 0 Å². The maximum absolute atomic E-state index is 12.0. The number of imidazole rings is 1. The number of hydrogen-bond acceptors (Lipinski definition) is 3. The van der Waals surface area contributed by atoms with Crippen molar-refractivity contribution in [1.82, 2.24) is 9.38 Å². The molecule has 0 saturated carbocycles. The van der Waals surface area contributed by atoms with Gasteiger partial charge in [0.2, 0.25) is 5.91 Å². The van der Waals surface area contributed by atoms with E-state index in [1.807, 2.05) is 46.4 Å². The lowest BCUT2D eigenvalue weighted by Crippen LogP contribution is -2.14. The zero-order valence-corrected chi connectivity index (χ0v) is 13.4. The molecule has 0 radical (unpaired) electrons. The molecule has 0 unspecified atom stereocenters.